The first-order valence-electron chi connectivity index (χ1n) is 4.20. The van der Waals surface area contributed by atoms with Gasteiger partial charge in [-0.1, -0.05) is 6.92 Å². The van der Waals surface area contributed by atoms with Gasteiger partial charge in [0, 0.05) is 12.1 Å². The number of rotatable bonds is 2. The smallest absolute Gasteiger partial charge is 0.0107 e. The summed E-state index contributed by atoms with van der Waals surface area (Å²) in [6.45, 7) is 3.35. The van der Waals surface area contributed by atoms with Gasteiger partial charge in [-0.15, -0.1) is 0 Å². The molecule has 1 saturated carbocycles. The Morgan fingerprint density at radius 2 is 2.20 bits per heavy atom. The van der Waals surface area contributed by atoms with Crippen molar-refractivity contribution in [3.05, 3.63) is 0 Å². The average molecular weight is 142 g/mol. The summed E-state index contributed by atoms with van der Waals surface area (Å²) in [7, 11) is 2.18. The second-order valence-electron chi connectivity index (χ2n) is 3.30. The number of nitrogens with two attached hydrogens (primary N) is 1. The van der Waals surface area contributed by atoms with Crippen LogP contribution in [0.4, 0.5) is 0 Å². The summed E-state index contributed by atoms with van der Waals surface area (Å²) in [6.07, 6.45) is 3.71. The van der Waals surface area contributed by atoms with Gasteiger partial charge in [0.25, 0.3) is 0 Å². The Kier molecular flexibility index (Phi) is 2.69. The molecule has 1 rings (SSSR count). The normalized spacial score (nSPS) is 33.6. The molecular weight excluding hydrogens is 124 g/mol. The summed E-state index contributed by atoms with van der Waals surface area (Å²) < 4.78 is 0. The number of hydrogen-bond donors (Lipinski definition) is 1. The molecule has 2 nitrogen and oxygen atoms in total. The second-order valence-corrected chi connectivity index (χ2v) is 3.30. The third-order valence-electron chi connectivity index (χ3n) is 2.57. The predicted molar refractivity (Wildman–Crippen MR) is 43.9 cm³/mol. The lowest BCUT2D eigenvalue weighted by molar-refractivity contribution is 0.256. The molecule has 10 heavy (non-hydrogen) atoms. The van der Waals surface area contributed by atoms with Crippen molar-refractivity contribution in [2.75, 3.05) is 13.6 Å². The monoisotopic (exact) mass is 142 g/mol. The van der Waals surface area contributed by atoms with Crippen LogP contribution in [0.2, 0.25) is 0 Å². The van der Waals surface area contributed by atoms with Crippen LogP contribution in [0.25, 0.3) is 0 Å². The van der Waals surface area contributed by atoms with E-state index >= 15 is 0 Å². The van der Waals surface area contributed by atoms with E-state index < -0.39 is 0 Å². The minimum absolute atomic E-state index is 0.471. The van der Waals surface area contributed by atoms with Crippen molar-refractivity contribution < 1.29 is 0 Å². The fraction of sp³-hybridized carbons (Fsp3) is 1.00. The first-order chi connectivity index (χ1) is 4.74. The zero-order valence-corrected chi connectivity index (χ0v) is 7.01. The van der Waals surface area contributed by atoms with Gasteiger partial charge in [-0.25, -0.2) is 0 Å². The molecule has 0 aromatic rings. The van der Waals surface area contributed by atoms with Gasteiger partial charge < -0.3 is 10.6 Å². The fourth-order valence-corrected chi connectivity index (χ4v) is 1.65. The molecule has 0 bridgehead atoms. The van der Waals surface area contributed by atoms with Gasteiger partial charge >= 0.3 is 0 Å². The third kappa shape index (κ3) is 1.70. The van der Waals surface area contributed by atoms with Crippen molar-refractivity contribution in [1.29, 1.82) is 0 Å². The molecule has 0 amide bonds. The average Bonchev–Trinajstić information content (AvgIpc) is 2.34. The van der Waals surface area contributed by atoms with E-state index in [9.17, 15) is 0 Å². The molecule has 0 saturated heterocycles. The molecule has 0 aromatic carbocycles. The van der Waals surface area contributed by atoms with Crippen molar-refractivity contribution in [2.45, 2.75) is 38.3 Å². The van der Waals surface area contributed by atoms with E-state index in [0.29, 0.717) is 6.04 Å². The Labute approximate surface area is 63.4 Å². The molecular formula is C8H18N2. The van der Waals surface area contributed by atoms with Crippen LogP contribution in [0.1, 0.15) is 26.2 Å². The molecule has 0 aromatic heterocycles. The molecule has 1 aliphatic carbocycles. The summed E-state index contributed by atoms with van der Waals surface area (Å²) in [6, 6.07) is 1.24. The lowest BCUT2D eigenvalue weighted by atomic mass is 10.2. The van der Waals surface area contributed by atoms with Gasteiger partial charge in [0.15, 0.2) is 0 Å². The van der Waals surface area contributed by atoms with Gasteiger partial charge in [0.2, 0.25) is 0 Å². The lowest BCUT2D eigenvalue weighted by Crippen LogP contribution is -2.30. The molecule has 2 atom stereocenters. The number of nitrogens with zero attached hydrogens (tertiary/aromatic N) is 1. The van der Waals surface area contributed by atoms with Gasteiger partial charge in [-0.2, -0.15) is 0 Å². The Balaban J connectivity index is 2.29. The maximum absolute atomic E-state index is 5.79. The predicted octanol–water partition coefficient (Wildman–Crippen LogP) is 0.818. The Bertz CT molecular complexity index is 103. The standard InChI is InChI=1S/C8H18N2/c1-3-10(2)8-5-4-7(9)6-8/h7-8H,3-6,9H2,1-2H3. The highest BCUT2D eigenvalue weighted by Crippen LogP contribution is 2.21. The van der Waals surface area contributed by atoms with E-state index in [1.165, 1.54) is 19.3 Å². The van der Waals surface area contributed by atoms with Crippen LogP contribution < -0.4 is 5.73 Å². The highest BCUT2D eigenvalue weighted by Gasteiger charge is 2.23. The van der Waals surface area contributed by atoms with Crippen molar-refractivity contribution >= 4 is 0 Å². The van der Waals surface area contributed by atoms with Gasteiger partial charge in [-0.05, 0) is 32.9 Å². The fourth-order valence-electron chi connectivity index (χ4n) is 1.65. The summed E-state index contributed by atoms with van der Waals surface area (Å²) in [5.41, 5.74) is 5.79. The molecule has 2 unspecified atom stereocenters. The summed E-state index contributed by atoms with van der Waals surface area (Å²) in [5.74, 6) is 0. The zero-order valence-electron chi connectivity index (χ0n) is 7.01. The third-order valence-corrected chi connectivity index (χ3v) is 2.57. The van der Waals surface area contributed by atoms with Crippen LogP contribution in [-0.2, 0) is 0 Å². The number of hydrogen-bond acceptors (Lipinski definition) is 2. The summed E-state index contributed by atoms with van der Waals surface area (Å²) in [4.78, 5) is 2.40. The van der Waals surface area contributed by atoms with Crippen molar-refractivity contribution in [3.8, 4) is 0 Å². The van der Waals surface area contributed by atoms with Crippen LogP contribution in [0, 0.1) is 0 Å². The van der Waals surface area contributed by atoms with Crippen molar-refractivity contribution in [3.63, 3.8) is 0 Å². The molecule has 0 spiro atoms. The van der Waals surface area contributed by atoms with Crippen LogP contribution >= 0.6 is 0 Å². The van der Waals surface area contributed by atoms with Crippen LogP contribution in [0.3, 0.4) is 0 Å². The summed E-state index contributed by atoms with van der Waals surface area (Å²) in [5, 5.41) is 0. The van der Waals surface area contributed by atoms with Crippen LogP contribution in [0.15, 0.2) is 0 Å². The van der Waals surface area contributed by atoms with Gasteiger partial charge in [0.1, 0.15) is 0 Å². The topological polar surface area (TPSA) is 29.3 Å². The SMILES string of the molecule is CCN(C)C1CCC(N)C1. The molecule has 1 aliphatic rings. The van der Waals surface area contributed by atoms with Gasteiger partial charge in [0.05, 0.1) is 0 Å². The first kappa shape index (κ1) is 8.02. The molecule has 2 heteroatoms. The largest absolute Gasteiger partial charge is 0.328 e. The van der Waals surface area contributed by atoms with E-state index in [1.54, 1.807) is 0 Å². The van der Waals surface area contributed by atoms with Crippen LogP contribution in [-0.4, -0.2) is 30.6 Å². The lowest BCUT2D eigenvalue weighted by Gasteiger charge is -2.21. The van der Waals surface area contributed by atoms with Crippen molar-refractivity contribution in [1.82, 2.24) is 4.90 Å². The molecule has 0 radical (unpaired) electrons. The molecule has 60 valence electrons. The molecule has 0 heterocycles. The minimum Gasteiger partial charge on any atom is -0.328 e. The highest BCUT2D eigenvalue weighted by atomic mass is 15.1. The maximum Gasteiger partial charge on any atom is 0.0107 e. The van der Waals surface area contributed by atoms with Crippen molar-refractivity contribution in [2.24, 2.45) is 5.73 Å². The quantitative estimate of drug-likeness (QED) is 0.618. The summed E-state index contributed by atoms with van der Waals surface area (Å²) >= 11 is 0. The van der Waals surface area contributed by atoms with E-state index in [2.05, 4.69) is 18.9 Å². The Morgan fingerprint density at radius 1 is 1.50 bits per heavy atom. The van der Waals surface area contributed by atoms with Gasteiger partial charge in [-0.3, -0.25) is 0 Å². The molecule has 2 N–H and O–H groups in total. The Morgan fingerprint density at radius 3 is 2.60 bits per heavy atom. The molecule has 1 fully saturated rings. The Hall–Kier alpha value is -0.0800. The second kappa shape index (κ2) is 3.35. The highest BCUT2D eigenvalue weighted by molar-refractivity contribution is 4.82. The maximum atomic E-state index is 5.79. The minimum atomic E-state index is 0.471. The van der Waals surface area contributed by atoms with E-state index in [4.69, 9.17) is 5.73 Å². The van der Waals surface area contributed by atoms with E-state index in [1.807, 2.05) is 0 Å². The van der Waals surface area contributed by atoms with Crippen LogP contribution in [0.5, 0.6) is 0 Å². The zero-order chi connectivity index (χ0) is 7.56. The van der Waals surface area contributed by atoms with E-state index in [0.717, 1.165) is 12.6 Å². The van der Waals surface area contributed by atoms with E-state index in [-0.39, 0.29) is 0 Å². The first-order valence-corrected chi connectivity index (χ1v) is 4.20. The molecule has 0 aliphatic heterocycles.